The number of hydrogen-bond donors (Lipinski definition) is 0. The third-order valence-corrected chi connectivity index (χ3v) is 13.8. The highest BCUT2D eigenvalue weighted by Gasteiger charge is 2.47. The second kappa shape index (κ2) is 15.2. The summed E-state index contributed by atoms with van der Waals surface area (Å²) in [5, 5.41) is 0.597. The molecule has 0 aliphatic carbocycles. The van der Waals surface area contributed by atoms with Crippen LogP contribution in [-0.4, -0.2) is 77.1 Å². The maximum Gasteiger partial charge on any atom is 0.536 e. The number of sulfonamides is 2. The highest BCUT2D eigenvalue weighted by molar-refractivity contribution is 7.90. The number of benzene rings is 2. The molecular weight excluding hydrogens is 605 g/mol. The Morgan fingerprint density at radius 1 is 0.700 bits per heavy atom. The van der Waals surface area contributed by atoms with Crippen molar-refractivity contribution in [1.29, 1.82) is 0 Å². The van der Waals surface area contributed by atoms with Crippen molar-refractivity contribution >= 4 is 42.8 Å². The van der Waals surface area contributed by atoms with Gasteiger partial charge in [0.2, 0.25) is 0 Å². The summed E-state index contributed by atoms with van der Waals surface area (Å²) in [6.07, 6.45) is 0. The van der Waals surface area contributed by atoms with E-state index in [1.54, 1.807) is 25.1 Å². The molecule has 1 atom stereocenters. The van der Waals surface area contributed by atoms with E-state index in [9.17, 15) is 16.8 Å². The Balaban J connectivity index is 0.000000402. The molecule has 0 spiro atoms. The lowest BCUT2D eigenvalue weighted by Gasteiger charge is -2.31. The Bertz CT molecular complexity index is 1420. The highest BCUT2D eigenvalue weighted by Crippen LogP contribution is 2.33. The first-order valence-corrected chi connectivity index (χ1v) is 17.4. The zero-order valence-corrected chi connectivity index (χ0v) is 26.4. The zero-order valence-electron chi connectivity index (χ0n) is 22.8. The van der Waals surface area contributed by atoms with Gasteiger partial charge in [-0.15, -0.1) is 0 Å². The Kier molecular flexibility index (Phi) is 13.4. The van der Waals surface area contributed by atoms with E-state index in [2.05, 4.69) is 18.9 Å². The van der Waals surface area contributed by atoms with E-state index >= 15 is 0 Å². The quantitative estimate of drug-likeness (QED) is 0.136. The molecule has 2 aromatic carbocycles. The maximum absolute atomic E-state index is 12.0. The van der Waals surface area contributed by atoms with Crippen molar-refractivity contribution in [2.75, 3.05) is 42.7 Å². The van der Waals surface area contributed by atoms with Gasteiger partial charge in [-0.25, -0.2) is 16.8 Å². The van der Waals surface area contributed by atoms with E-state index in [0.29, 0.717) is 10.8 Å². The molecule has 40 heavy (non-hydrogen) atoms. The van der Waals surface area contributed by atoms with Crippen LogP contribution in [0.15, 0.2) is 67.4 Å². The van der Waals surface area contributed by atoms with Crippen LogP contribution in [0, 0.1) is 0 Å². The van der Waals surface area contributed by atoms with E-state index < -0.39 is 43.2 Å². The topological polar surface area (TPSA) is 221 Å². The van der Waals surface area contributed by atoms with Crippen LogP contribution in [0.2, 0.25) is 0 Å². The highest BCUT2D eigenvalue weighted by atomic mass is 32.2. The molecule has 0 saturated carbocycles. The first kappa shape index (κ1) is 35.2. The van der Waals surface area contributed by atoms with Crippen LogP contribution < -0.4 is 5.19 Å². The van der Waals surface area contributed by atoms with E-state index in [1.165, 1.54) is 73.0 Å². The maximum atomic E-state index is 12.0. The standard InChI is InChI=1S/C11H17N3O5SSi.C9H13N3O5SSi/c1-9(21(17-2,18-3)19-4)10-7-5-6-8-11(10)20(15,16)14-13-12;1-15-19(16-2,17-3)9-6-4-8(5-7-9)18(13,14)12-11-10/h5-9H,1-4H3;4-7H,1-3H3. The molecule has 0 aliphatic rings. The smallest absolute Gasteiger partial charge is 0.376 e. The molecule has 2 aromatic rings. The Morgan fingerprint density at radius 3 is 1.57 bits per heavy atom. The molecule has 0 fully saturated rings. The monoisotopic (exact) mass is 634 g/mol. The number of azide groups is 2. The number of hydrogen-bond acceptors (Lipinski definition) is 10. The van der Waals surface area contributed by atoms with Crippen molar-refractivity contribution in [2.45, 2.75) is 22.3 Å². The molecule has 2 rings (SSSR count). The Morgan fingerprint density at radius 2 is 1.15 bits per heavy atom. The summed E-state index contributed by atoms with van der Waals surface area (Å²) in [6.45, 7) is 1.74. The van der Waals surface area contributed by atoms with Crippen LogP contribution in [0.3, 0.4) is 0 Å². The fourth-order valence-electron chi connectivity index (χ4n) is 3.67. The average Bonchev–Trinajstić information content (AvgIpc) is 2.96. The average molecular weight is 635 g/mol. The molecule has 20 heteroatoms. The van der Waals surface area contributed by atoms with Crippen molar-refractivity contribution in [3.05, 3.63) is 75.0 Å². The molecule has 0 heterocycles. The normalized spacial score (nSPS) is 12.8. The summed E-state index contributed by atoms with van der Waals surface area (Å²) in [7, 11) is -5.51. The molecule has 0 saturated heterocycles. The van der Waals surface area contributed by atoms with E-state index in [0.717, 1.165) is 0 Å². The van der Waals surface area contributed by atoms with Crippen LogP contribution >= 0.6 is 0 Å². The summed E-state index contributed by atoms with van der Waals surface area (Å²) in [6, 6.07) is 11.8. The van der Waals surface area contributed by atoms with Gasteiger partial charge in [0.25, 0.3) is 20.0 Å². The Hall–Kier alpha value is -2.85. The molecule has 0 N–H and O–H groups in total. The predicted molar refractivity (Wildman–Crippen MR) is 147 cm³/mol. The summed E-state index contributed by atoms with van der Waals surface area (Å²) in [5.41, 5.74) is 16.5. The van der Waals surface area contributed by atoms with Gasteiger partial charge in [-0.05, 0) is 34.8 Å². The van der Waals surface area contributed by atoms with Gasteiger partial charge in [0.15, 0.2) is 0 Å². The van der Waals surface area contributed by atoms with Gasteiger partial charge in [0, 0.05) is 66.7 Å². The lowest BCUT2D eigenvalue weighted by Crippen LogP contribution is -2.54. The number of rotatable bonds is 13. The lowest BCUT2D eigenvalue weighted by atomic mass is 10.2. The fraction of sp³-hybridized carbons (Fsp3) is 0.400. The first-order valence-electron chi connectivity index (χ1n) is 11.0. The minimum absolute atomic E-state index is 0.0849. The van der Waals surface area contributed by atoms with Gasteiger partial charge in [-0.3, -0.25) is 0 Å². The van der Waals surface area contributed by atoms with Crippen molar-refractivity contribution in [1.82, 2.24) is 0 Å². The minimum Gasteiger partial charge on any atom is -0.376 e. The van der Waals surface area contributed by atoms with Crippen LogP contribution in [0.25, 0.3) is 20.9 Å². The van der Waals surface area contributed by atoms with Crippen molar-refractivity contribution < 1.29 is 43.4 Å². The van der Waals surface area contributed by atoms with Gasteiger partial charge >= 0.3 is 17.6 Å². The van der Waals surface area contributed by atoms with Crippen molar-refractivity contribution in [2.24, 2.45) is 9.04 Å². The van der Waals surface area contributed by atoms with Gasteiger partial charge < -0.3 is 26.6 Å². The molecule has 0 aliphatic heterocycles. The predicted octanol–water partition coefficient (Wildman–Crippen LogP) is 2.98. The lowest BCUT2D eigenvalue weighted by molar-refractivity contribution is 0.114. The molecule has 0 amide bonds. The summed E-state index contributed by atoms with van der Waals surface area (Å²) in [4.78, 5) is 4.44. The van der Waals surface area contributed by atoms with E-state index in [1.807, 2.05) is 0 Å². The van der Waals surface area contributed by atoms with Gasteiger partial charge in [0.1, 0.15) is 0 Å². The summed E-state index contributed by atoms with van der Waals surface area (Å²) >= 11 is 0. The molecule has 0 bridgehead atoms. The molecule has 0 radical (unpaired) electrons. The number of nitrogens with zero attached hydrogens (tertiary/aromatic N) is 6. The van der Waals surface area contributed by atoms with Gasteiger partial charge in [-0.2, -0.15) is 0 Å². The summed E-state index contributed by atoms with van der Waals surface area (Å²) < 4.78 is 84.6. The largest absolute Gasteiger partial charge is 0.536 e. The van der Waals surface area contributed by atoms with Crippen LogP contribution in [-0.2, 0) is 46.6 Å². The second-order valence-corrected chi connectivity index (χ2v) is 16.8. The SMILES string of the molecule is CO[Si](OC)(OC)C(C)c1ccccc1S(=O)(=O)N=[N+]=[N-].CO[Si](OC)(OC)c1ccc(S(=O)(=O)N=[N+]=[N-])cc1. The summed E-state index contributed by atoms with van der Waals surface area (Å²) in [5.74, 6) is 0. The van der Waals surface area contributed by atoms with Crippen molar-refractivity contribution in [3.63, 3.8) is 0 Å². The first-order chi connectivity index (χ1) is 18.8. The van der Waals surface area contributed by atoms with Gasteiger partial charge in [-0.1, -0.05) is 37.3 Å². The molecule has 1 unspecified atom stereocenters. The fourth-order valence-corrected chi connectivity index (χ4v) is 9.39. The third-order valence-electron chi connectivity index (χ3n) is 5.65. The molecule has 220 valence electrons. The van der Waals surface area contributed by atoms with E-state index in [4.69, 9.17) is 37.6 Å². The Labute approximate surface area is 234 Å². The molecule has 16 nitrogen and oxygen atoms in total. The van der Waals surface area contributed by atoms with E-state index in [-0.39, 0.29) is 9.79 Å². The van der Waals surface area contributed by atoms with Crippen molar-refractivity contribution in [3.8, 4) is 0 Å². The van der Waals surface area contributed by atoms with Crippen LogP contribution in [0.4, 0.5) is 0 Å². The third kappa shape index (κ3) is 7.88. The van der Waals surface area contributed by atoms with Crippen LogP contribution in [0.5, 0.6) is 0 Å². The van der Waals surface area contributed by atoms with Gasteiger partial charge in [0.05, 0.1) is 15.3 Å². The second-order valence-electron chi connectivity index (χ2n) is 7.46. The van der Waals surface area contributed by atoms with Crippen LogP contribution in [0.1, 0.15) is 18.0 Å². The minimum atomic E-state index is -4.11. The molecule has 0 aromatic heterocycles. The zero-order chi connectivity index (χ0) is 30.6. The molecular formula is C20H30N6O10S2Si2.